The van der Waals surface area contributed by atoms with E-state index in [9.17, 15) is 9.59 Å². The maximum absolute atomic E-state index is 12.7. The lowest BCUT2D eigenvalue weighted by Crippen LogP contribution is -2.50. The topological polar surface area (TPSA) is 106 Å². The summed E-state index contributed by atoms with van der Waals surface area (Å²) in [6.07, 6.45) is 1.61. The average molecular weight is 509 g/mol. The molecule has 1 aliphatic heterocycles. The minimum absolute atomic E-state index is 0.208. The molecule has 0 aliphatic carbocycles. The summed E-state index contributed by atoms with van der Waals surface area (Å²) < 4.78 is 21.4. The predicted molar refractivity (Wildman–Crippen MR) is 139 cm³/mol. The normalized spacial score (nSPS) is 14.5. The summed E-state index contributed by atoms with van der Waals surface area (Å²) in [5.41, 5.74) is 1.51. The molecule has 2 N–H and O–H groups in total. The number of furan rings is 1. The second kappa shape index (κ2) is 12.2. The number of hydrogen-bond acceptors (Lipinski definition) is 8. The summed E-state index contributed by atoms with van der Waals surface area (Å²) in [6, 6.07) is 16.4. The number of amides is 2. The molecular weight excluding hydrogens is 476 g/mol. The number of benzene rings is 2. The zero-order valence-corrected chi connectivity index (χ0v) is 21.2. The number of hydrogen-bond donors (Lipinski definition) is 2. The molecule has 1 aromatic heterocycles. The second-order valence-corrected chi connectivity index (χ2v) is 8.48. The lowest BCUT2D eigenvalue weighted by atomic mass is 10.1. The Morgan fingerprint density at radius 2 is 1.59 bits per heavy atom. The highest BCUT2D eigenvalue weighted by Gasteiger charge is 2.28. The van der Waals surface area contributed by atoms with E-state index in [-0.39, 0.29) is 12.6 Å². The van der Waals surface area contributed by atoms with Gasteiger partial charge in [0.25, 0.3) is 0 Å². The first-order valence-corrected chi connectivity index (χ1v) is 12.0. The Morgan fingerprint density at radius 3 is 2.22 bits per heavy atom. The van der Waals surface area contributed by atoms with Gasteiger partial charge in [0.05, 0.1) is 39.3 Å². The second-order valence-electron chi connectivity index (χ2n) is 8.48. The summed E-state index contributed by atoms with van der Waals surface area (Å²) in [7, 11) is 4.67. The number of carbonyl (C=O) groups is 2. The van der Waals surface area contributed by atoms with Crippen molar-refractivity contribution < 1.29 is 28.2 Å². The summed E-state index contributed by atoms with van der Waals surface area (Å²) >= 11 is 0. The molecule has 1 fully saturated rings. The van der Waals surface area contributed by atoms with Crippen LogP contribution in [0, 0.1) is 0 Å². The monoisotopic (exact) mass is 508 g/mol. The Hall–Kier alpha value is -4.18. The molecule has 1 saturated heterocycles. The number of rotatable bonds is 9. The van der Waals surface area contributed by atoms with E-state index in [1.807, 2.05) is 24.3 Å². The molecule has 10 heteroatoms. The summed E-state index contributed by atoms with van der Waals surface area (Å²) in [5, 5.41) is 5.36. The number of anilines is 2. The van der Waals surface area contributed by atoms with Gasteiger partial charge in [-0.1, -0.05) is 0 Å². The minimum Gasteiger partial charge on any atom is -0.497 e. The third kappa shape index (κ3) is 6.34. The van der Waals surface area contributed by atoms with Gasteiger partial charge in [0.1, 0.15) is 23.0 Å². The van der Waals surface area contributed by atoms with Crippen molar-refractivity contribution >= 4 is 23.2 Å². The van der Waals surface area contributed by atoms with E-state index >= 15 is 0 Å². The molecule has 196 valence electrons. The number of ether oxygens (including phenoxy) is 3. The first-order valence-electron chi connectivity index (χ1n) is 12.0. The summed E-state index contributed by atoms with van der Waals surface area (Å²) in [4.78, 5) is 29.8. The fourth-order valence-corrected chi connectivity index (χ4v) is 4.33. The molecule has 2 heterocycles. The van der Waals surface area contributed by atoms with Crippen molar-refractivity contribution in [3.63, 3.8) is 0 Å². The van der Waals surface area contributed by atoms with Gasteiger partial charge in [0.15, 0.2) is 0 Å². The zero-order valence-electron chi connectivity index (χ0n) is 21.2. The van der Waals surface area contributed by atoms with E-state index in [0.29, 0.717) is 17.2 Å². The number of carbonyl (C=O) groups excluding carboxylic acids is 2. The molecule has 1 aliphatic rings. The number of methoxy groups -OCH3 is 3. The molecular formula is C27H32N4O6. The molecule has 0 saturated carbocycles. The van der Waals surface area contributed by atoms with Crippen molar-refractivity contribution in [3.05, 3.63) is 66.6 Å². The Bertz CT molecular complexity index is 1170. The highest BCUT2D eigenvalue weighted by atomic mass is 16.5. The van der Waals surface area contributed by atoms with Crippen LogP contribution in [0.2, 0.25) is 0 Å². The van der Waals surface area contributed by atoms with Crippen LogP contribution in [0.15, 0.2) is 65.3 Å². The maximum Gasteiger partial charge on any atom is 0.313 e. The highest BCUT2D eigenvalue weighted by molar-refractivity contribution is 6.39. The van der Waals surface area contributed by atoms with E-state index in [2.05, 4.69) is 32.6 Å². The maximum atomic E-state index is 12.7. The van der Waals surface area contributed by atoms with E-state index in [0.717, 1.165) is 43.4 Å². The van der Waals surface area contributed by atoms with E-state index in [1.165, 1.54) is 14.2 Å². The molecule has 2 amide bonds. The van der Waals surface area contributed by atoms with Gasteiger partial charge in [-0.15, -0.1) is 0 Å². The Labute approximate surface area is 216 Å². The molecule has 3 aromatic rings. The SMILES string of the molecule is COc1ccc(N2CCN(C(CNC(=O)C(=O)Nc3ccc(OC)cc3OC)c3ccco3)CC2)cc1. The van der Waals surface area contributed by atoms with Gasteiger partial charge in [-0.25, -0.2) is 0 Å². The Balaban J connectivity index is 1.36. The molecule has 0 bridgehead atoms. The van der Waals surface area contributed by atoms with Gasteiger partial charge in [-0.05, 0) is 48.5 Å². The van der Waals surface area contributed by atoms with Crippen LogP contribution in [0.1, 0.15) is 11.8 Å². The van der Waals surface area contributed by atoms with Gasteiger partial charge in [-0.2, -0.15) is 0 Å². The Kier molecular flexibility index (Phi) is 8.52. The van der Waals surface area contributed by atoms with Crippen LogP contribution in [-0.4, -0.2) is 70.8 Å². The smallest absolute Gasteiger partial charge is 0.313 e. The lowest BCUT2D eigenvalue weighted by Gasteiger charge is -2.39. The Morgan fingerprint density at radius 1 is 0.892 bits per heavy atom. The molecule has 1 unspecified atom stereocenters. The van der Waals surface area contributed by atoms with Crippen molar-refractivity contribution in [3.8, 4) is 17.2 Å². The van der Waals surface area contributed by atoms with Gasteiger partial charge in [0.2, 0.25) is 0 Å². The van der Waals surface area contributed by atoms with Crippen molar-refractivity contribution in [1.82, 2.24) is 10.2 Å². The fourth-order valence-electron chi connectivity index (χ4n) is 4.33. The summed E-state index contributed by atoms with van der Waals surface area (Å²) in [5.74, 6) is 0.995. The van der Waals surface area contributed by atoms with Crippen molar-refractivity contribution in [1.29, 1.82) is 0 Å². The van der Waals surface area contributed by atoms with Crippen molar-refractivity contribution in [2.45, 2.75) is 6.04 Å². The third-order valence-corrected chi connectivity index (χ3v) is 6.38. The van der Waals surface area contributed by atoms with Crippen LogP contribution >= 0.6 is 0 Å². The van der Waals surface area contributed by atoms with Gasteiger partial charge >= 0.3 is 11.8 Å². The highest BCUT2D eigenvalue weighted by Crippen LogP contribution is 2.29. The molecule has 0 spiro atoms. The van der Waals surface area contributed by atoms with Crippen LogP contribution in [0.5, 0.6) is 17.2 Å². The zero-order chi connectivity index (χ0) is 26.2. The standard InChI is InChI=1S/C27H32N4O6/c1-34-20-8-6-19(7-9-20)30-12-14-31(15-13-30)23(24-5-4-16-37-24)18-28-26(32)27(33)29-22-11-10-21(35-2)17-25(22)36-3/h4-11,16-17,23H,12-15,18H2,1-3H3,(H,28,32)(H,29,33). The van der Waals surface area contributed by atoms with Gasteiger partial charge in [-0.3, -0.25) is 14.5 Å². The molecule has 0 radical (unpaired) electrons. The van der Waals surface area contributed by atoms with Crippen molar-refractivity contribution in [2.24, 2.45) is 0 Å². The largest absolute Gasteiger partial charge is 0.497 e. The van der Waals surface area contributed by atoms with Crippen LogP contribution in [-0.2, 0) is 9.59 Å². The number of nitrogens with zero attached hydrogens (tertiary/aromatic N) is 2. The van der Waals surface area contributed by atoms with E-state index in [4.69, 9.17) is 18.6 Å². The first kappa shape index (κ1) is 25.9. The quantitative estimate of drug-likeness (QED) is 0.425. The van der Waals surface area contributed by atoms with Crippen LogP contribution in [0.4, 0.5) is 11.4 Å². The fraction of sp³-hybridized carbons (Fsp3) is 0.333. The van der Waals surface area contributed by atoms with Crippen LogP contribution < -0.4 is 29.7 Å². The van der Waals surface area contributed by atoms with E-state index in [1.54, 1.807) is 31.6 Å². The molecule has 37 heavy (non-hydrogen) atoms. The van der Waals surface area contributed by atoms with Gasteiger partial charge < -0.3 is 34.2 Å². The van der Waals surface area contributed by atoms with Gasteiger partial charge in [0, 0.05) is 44.5 Å². The molecule has 4 rings (SSSR count). The average Bonchev–Trinajstić information content (AvgIpc) is 3.48. The molecule has 2 aromatic carbocycles. The summed E-state index contributed by atoms with van der Waals surface area (Å²) in [6.45, 7) is 3.39. The third-order valence-electron chi connectivity index (χ3n) is 6.38. The minimum atomic E-state index is -0.786. The lowest BCUT2D eigenvalue weighted by molar-refractivity contribution is -0.136. The van der Waals surface area contributed by atoms with Crippen LogP contribution in [0.3, 0.4) is 0 Å². The van der Waals surface area contributed by atoms with Crippen molar-refractivity contribution in [2.75, 3.05) is 64.3 Å². The van der Waals surface area contributed by atoms with Crippen LogP contribution in [0.25, 0.3) is 0 Å². The number of piperazine rings is 1. The molecule has 10 nitrogen and oxygen atoms in total. The first-order chi connectivity index (χ1) is 18.0. The van der Waals surface area contributed by atoms with E-state index < -0.39 is 11.8 Å². The number of nitrogens with one attached hydrogen (secondary N) is 2. The predicted octanol–water partition coefficient (Wildman–Crippen LogP) is 2.92. The molecule has 1 atom stereocenters.